The van der Waals surface area contributed by atoms with Gasteiger partial charge in [-0.15, -0.1) is 11.6 Å². The van der Waals surface area contributed by atoms with E-state index < -0.39 is 11.6 Å². The van der Waals surface area contributed by atoms with Crippen molar-refractivity contribution in [2.24, 2.45) is 5.73 Å². The lowest BCUT2D eigenvalue weighted by molar-refractivity contribution is -0.117. The maximum Gasteiger partial charge on any atom is 0.129 e. The van der Waals surface area contributed by atoms with Gasteiger partial charge in [0, 0.05) is 19.5 Å². The van der Waals surface area contributed by atoms with Gasteiger partial charge in [-0.1, -0.05) is 0 Å². The van der Waals surface area contributed by atoms with E-state index in [2.05, 4.69) is 6.92 Å². The molecule has 3 atom stereocenters. The smallest absolute Gasteiger partial charge is 0.129 e. The lowest BCUT2D eigenvalue weighted by Crippen LogP contribution is -2.65. The highest BCUT2D eigenvalue weighted by Crippen LogP contribution is 2.24. The molecule has 0 spiro atoms. The van der Waals surface area contributed by atoms with Crippen LogP contribution in [0.15, 0.2) is 0 Å². The van der Waals surface area contributed by atoms with Crippen LogP contribution in [-0.4, -0.2) is 52.4 Å². The van der Waals surface area contributed by atoms with Crippen molar-refractivity contribution in [1.82, 2.24) is 4.90 Å². The van der Waals surface area contributed by atoms with Crippen LogP contribution in [0.4, 0.5) is 0 Å². The standard InChI is InChI=1S/C11H20ClN2O2/c1-8(15)4-3-5-14-6-9(12)11(2,13)10(16)7-14/h9-10,16H,2-7,13H2,1H3/t9?,10-,11+/m0/s1. The zero-order valence-electron chi connectivity index (χ0n) is 9.66. The number of β-amino-alcohol motifs (C(OH)–C–C–N with tert-alkyl or cyclic N) is 1. The minimum atomic E-state index is -0.974. The second-order valence-corrected chi connectivity index (χ2v) is 5.19. The summed E-state index contributed by atoms with van der Waals surface area (Å²) in [7, 11) is 0. The van der Waals surface area contributed by atoms with Crippen molar-refractivity contribution in [3.05, 3.63) is 6.92 Å². The number of nitrogens with zero attached hydrogens (tertiary/aromatic N) is 1. The number of aliphatic hydroxyl groups is 1. The molecule has 0 amide bonds. The number of likely N-dealkylation sites (tertiary alicyclic amines) is 1. The average molecular weight is 248 g/mol. The lowest BCUT2D eigenvalue weighted by atomic mass is 9.87. The number of nitrogens with two attached hydrogens (primary N) is 1. The summed E-state index contributed by atoms with van der Waals surface area (Å²) in [5.74, 6) is 0.185. The Morgan fingerprint density at radius 1 is 1.69 bits per heavy atom. The van der Waals surface area contributed by atoms with Crippen molar-refractivity contribution >= 4 is 17.4 Å². The van der Waals surface area contributed by atoms with Crippen LogP contribution in [0, 0.1) is 6.92 Å². The number of piperidine rings is 1. The molecule has 1 heterocycles. The molecule has 5 heteroatoms. The fourth-order valence-corrected chi connectivity index (χ4v) is 2.17. The number of halogens is 1. The molecular weight excluding hydrogens is 228 g/mol. The fourth-order valence-electron chi connectivity index (χ4n) is 1.83. The fraction of sp³-hybridized carbons (Fsp3) is 0.818. The van der Waals surface area contributed by atoms with E-state index in [4.69, 9.17) is 17.3 Å². The topological polar surface area (TPSA) is 66.6 Å². The third-order valence-corrected chi connectivity index (χ3v) is 3.60. The molecule has 1 rings (SSSR count). The largest absolute Gasteiger partial charge is 0.390 e. The molecule has 1 aliphatic rings. The minimum absolute atomic E-state index is 0.185. The zero-order valence-corrected chi connectivity index (χ0v) is 10.4. The van der Waals surface area contributed by atoms with Crippen LogP contribution < -0.4 is 5.73 Å². The summed E-state index contributed by atoms with van der Waals surface area (Å²) in [6.07, 6.45) is 0.638. The van der Waals surface area contributed by atoms with Crippen LogP contribution >= 0.6 is 11.6 Å². The number of ketones is 1. The molecule has 1 saturated heterocycles. The van der Waals surface area contributed by atoms with E-state index in [9.17, 15) is 9.90 Å². The number of hydrogen-bond donors (Lipinski definition) is 2. The predicted octanol–water partition coefficient (Wildman–Crippen LogP) is 0.171. The van der Waals surface area contributed by atoms with Crippen LogP contribution in [0.25, 0.3) is 0 Å². The summed E-state index contributed by atoms with van der Waals surface area (Å²) in [4.78, 5) is 12.8. The maximum atomic E-state index is 10.8. The van der Waals surface area contributed by atoms with Crippen molar-refractivity contribution in [3.8, 4) is 0 Å². The molecule has 16 heavy (non-hydrogen) atoms. The lowest BCUT2D eigenvalue weighted by Gasteiger charge is -2.44. The Balaban J connectivity index is 2.39. The highest BCUT2D eigenvalue weighted by atomic mass is 35.5. The van der Waals surface area contributed by atoms with Gasteiger partial charge >= 0.3 is 0 Å². The molecule has 0 aliphatic carbocycles. The Kier molecular flexibility index (Phi) is 4.73. The van der Waals surface area contributed by atoms with Gasteiger partial charge in [0.15, 0.2) is 0 Å². The summed E-state index contributed by atoms with van der Waals surface area (Å²) in [5, 5.41) is 9.44. The first-order valence-corrected chi connectivity index (χ1v) is 5.96. The third-order valence-electron chi connectivity index (χ3n) is 3.06. The van der Waals surface area contributed by atoms with Crippen LogP contribution in [-0.2, 0) is 4.79 Å². The van der Waals surface area contributed by atoms with E-state index in [0.717, 1.165) is 13.0 Å². The molecule has 0 aromatic heterocycles. The number of rotatable bonds is 4. The van der Waals surface area contributed by atoms with Crippen LogP contribution in [0.5, 0.6) is 0 Å². The number of Topliss-reactive ketones (excluding diaryl/α,β-unsaturated/α-hetero) is 1. The Labute approximate surface area is 102 Å². The van der Waals surface area contributed by atoms with Gasteiger partial charge in [-0.05, 0) is 26.8 Å². The minimum Gasteiger partial charge on any atom is -0.390 e. The summed E-state index contributed by atoms with van der Waals surface area (Å²) in [6.45, 7) is 7.17. The van der Waals surface area contributed by atoms with Gasteiger partial charge in [0.2, 0.25) is 0 Å². The molecule has 4 nitrogen and oxygen atoms in total. The molecule has 0 aromatic carbocycles. The van der Waals surface area contributed by atoms with E-state index in [0.29, 0.717) is 19.5 Å². The van der Waals surface area contributed by atoms with Crippen molar-refractivity contribution < 1.29 is 9.90 Å². The molecule has 0 bridgehead atoms. The van der Waals surface area contributed by atoms with Crippen molar-refractivity contribution in [2.75, 3.05) is 19.6 Å². The Morgan fingerprint density at radius 2 is 2.31 bits per heavy atom. The van der Waals surface area contributed by atoms with Crippen LogP contribution in [0.3, 0.4) is 0 Å². The van der Waals surface area contributed by atoms with E-state index in [1.165, 1.54) is 0 Å². The van der Waals surface area contributed by atoms with E-state index in [1.54, 1.807) is 6.92 Å². The van der Waals surface area contributed by atoms with Crippen molar-refractivity contribution in [3.63, 3.8) is 0 Å². The molecule has 1 radical (unpaired) electrons. The highest BCUT2D eigenvalue weighted by molar-refractivity contribution is 6.21. The van der Waals surface area contributed by atoms with Gasteiger partial charge in [-0.3, -0.25) is 4.90 Å². The van der Waals surface area contributed by atoms with Gasteiger partial charge in [-0.25, -0.2) is 0 Å². The monoisotopic (exact) mass is 247 g/mol. The number of hydrogen-bond acceptors (Lipinski definition) is 4. The second kappa shape index (κ2) is 5.45. The third kappa shape index (κ3) is 3.42. The first-order chi connectivity index (χ1) is 7.34. The maximum absolute atomic E-state index is 10.8. The summed E-state index contributed by atoms with van der Waals surface area (Å²) in [6, 6.07) is 0. The Bertz CT molecular complexity index is 244. The Morgan fingerprint density at radius 3 is 2.81 bits per heavy atom. The summed E-state index contributed by atoms with van der Waals surface area (Å²) in [5.41, 5.74) is 4.86. The SMILES string of the molecule is [CH2][C@@]1(N)C(Cl)CN(CCCC(C)=O)C[C@@H]1O. The molecule has 1 unspecified atom stereocenters. The van der Waals surface area contributed by atoms with Gasteiger partial charge < -0.3 is 15.6 Å². The zero-order chi connectivity index (χ0) is 12.3. The number of carbonyl (C=O) groups is 1. The molecule has 0 saturated carbocycles. The quantitative estimate of drug-likeness (QED) is 0.696. The molecule has 0 aromatic rings. The number of aliphatic hydroxyl groups excluding tert-OH is 1. The molecular formula is C11H20ClN2O2. The summed E-state index contributed by atoms with van der Waals surface area (Å²) < 4.78 is 0. The van der Waals surface area contributed by atoms with Crippen LogP contribution in [0.2, 0.25) is 0 Å². The molecule has 3 N–H and O–H groups in total. The van der Waals surface area contributed by atoms with E-state index in [1.807, 2.05) is 4.90 Å². The van der Waals surface area contributed by atoms with Crippen LogP contribution in [0.1, 0.15) is 19.8 Å². The van der Waals surface area contributed by atoms with Gasteiger partial charge in [0.25, 0.3) is 0 Å². The van der Waals surface area contributed by atoms with E-state index >= 15 is 0 Å². The van der Waals surface area contributed by atoms with Crippen molar-refractivity contribution in [2.45, 2.75) is 36.8 Å². The normalized spacial score (nSPS) is 36.3. The first kappa shape index (κ1) is 13.9. The molecule has 1 fully saturated rings. The summed E-state index contributed by atoms with van der Waals surface area (Å²) >= 11 is 6.08. The average Bonchev–Trinajstić information content (AvgIpc) is 2.14. The number of alkyl halides is 1. The molecule has 93 valence electrons. The predicted molar refractivity (Wildman–Crippen MR) is 64.3 cm³/mol. The van der Waals surface area contributed by atoms with Gasteiger partial charge in [0.05, 0.1) is 17.0 Å². The molecule has 1 aliphatic heterocycles. The highest BCUT2D eigenvalue weighted by Gasteiger charge is 2.41. The van der Waals surface area contributed by atoms with E-state index in [-0.39, 0.29) is 11.2 Å². The van der Waals surface area contributed by atoms with Crippen molar-refractivity contribution in [1.29, 1.82) is 0 Å². The Hall–Kier alpha value is -0.160. The first-order valence-electron chi connectivity index (χ1n) is 5.52. The van der Waals surface area contributed by atoms with Gasteiger partial charge in [-0.2, -0.15) is 0 Å². The number of carbonyl (C=O) groups excluding carboxylic acids is 1. The van der Waals surface area contributed by atoms with Gasteiger partial charge in [0.1, 0.15) is 5.78 Å². The second-order valence-electron chi connectivity index (χ2n) is 4.66.